The lowest BCUT2D eigenvalue weighted by molar-refractivity contribution is -0.130. The minimum atomic E-state index is 0.127. The molecule has 0 unspecified atom stereocenters. The Morgan fingerprint density at radius 2 is 2.00 bits per heavy atom. The molecule has 1 fully saturated rings. The van der Waals surface area contributed by atoms with Crippen LogP contribution in [0.3, 0.4) is 0 Å². The van der Waals surface area contributed by atoms with Crippen LogP contribution in [0.1, 0.15) is 31.7 Å². The van der Waals surface area contributed by atoms with Crippen LogP contribution in [0.4, 0.5) is 0 Å². The van der Waals surface area contributed by atoms with Crippen LogP contribution in [0.25, 0.3) is 10.9 Å². The van der Waals surface area contributed by atoms with Crippen molar-refractivity contribution in [3.05, 3.63) is 36.0 Å². The van der Waals surface area contributed by atoms with Crippen LogP contribution < -0.4 is 4.74 Å². The van der Waals surface area contributed by atoms with Crippen LogP contribution in [-0.2, 0) is 16.0 Å². The maximum Gasteiger partial charge on any atom is 0.219 e. The third kappa shape index (κ3) is 4.16. The fraction of sp³-hybridized carbons (Fsp3) is 0.450. The Kier molecular flexibility index (Phi) is 5.31. The fourth-order valence-corrected chi connectivity index (χ4v) is 3.52. The third-order valence-electron chi connectivity index (χ3n) is 5.00. The summed E-state index contributed by atoms with van der Waals surface area (Å²) in [5, 5.41) is 0.974. The number of ketones is 1. The number of Topliss-reactive ketones (excluding diaryl/α,β-unsaturated/α-hetero) is 1. The van der Waals surface area contributed by atoms with Gasteiger partial charge in [0.1, 0.15) is 11.5 Å². The Bertz CT molecular complexity index is 780. The molecule has 1 aliphatic heterocycles. The van der Waals surface area contributed by atoms with E-state index in [1.165, 1.54) is 0 Å². The zero-order valence-electron chi connectivity index (χ0n) is 14.8. The van der Waals surface area contributed by atoms with E-state index in [1.807, 2.05) is 29.2 Å². The number of piperidine rings is 1. The zero-order chi connectivity index (χ0) is 17.8. The standard InChI is InChI=1S/C20H24N2O3/c1-14(23)22-9-6-15(7-10-22)11-17(24)12-16-5-8-21-20-4-3-18(25-2)13-19(16)20/h3-5,8,13,15H,6-7,9-12H2,1-2H3. The summed E-state index contributed by atoms with van der Waals surface area (Å²) < 4.78 is 5.29. The Morgan fingerprint density at radius 1 is 1.24 bits per heavy atom. The molecule has 0 atom stereocenters. The number of hydrogen-bond donors (Lipinski definition) is 0. The number of nitrogens with zero attached hydrogens (tertiary/aromatic N) is 2. The van der Waals surface area contributed by atoms with Crippen molar-refractivity contribution in [2.45, 2.75) is 32.6 Å². The van der Waals surface area contributed by atoms with E-state index in [4.69, 9.17) is 4.74 Å². The molecular weight excluding hydrogens is 316 g/mol. The van der Waals surface area contributed by atoms with Gasteiger partial charge >= 0.3 is 0 Å². The highest BCUT2D eigenvalue weighted by molar-refractivity contribution is 5.89. The number of rotatable bonds is 5. The highest BCUT2D eigenvalue weighted by Gasteiger charge is 2.23. The topological polar surface area (TPSA) is 59.5 Å². The number of amides is 1. The number of fused-ring (bicyclic) bond motifs is 1. The van der Waals surface area contributed by atoms with Crippen molar-refractivity contribution in [1.82, 2.24) is 9.88 Å². The van der Waals surface area contributed by atoms with E-state index in [9.17, 15) is 9.59 Å². The SMILES string of the molecule is COc1ccc2nccc(CC(=O)CC3CCN(C(C)=O)CC3)c2c1. The highest BCUT2D eigenvalue weighted by Crippen LogP contribution is 2.25. The van der Waals surface area contributed by atoms with Gasteiger partial charge in [-0.15, -0.1) is 0 Å². The first kappa shape index (κ1) is 17.4. The molecule has 0 spiro atoms. The van der Waals surface area contributed by atoms with E-state index in [2.05, 4.69) is 4.98 Å². The van der Waals surface area contributed by atoms with Crippen molar-refractivity contribution >= 4 is 22.6 Å². The number of likely N-dealkylation sites (tertiary alicyclic amines) is 1. The van der Waals surface area contributed by atoms with Crippen LogP contribution in [-0.4, -0.2) is 41.8 Å². The molecule has 1 aromatic carbocycles. The summed E-state index contributed by atoms with van der Waals surface area (Å²) in [6.07, 6.45) is 4.58. The first-order valence-corrected chi connectivity index (χ1v) is 8.75. The van der Waals surface area contributed by atoms with Crippen LogP contribution in [0.15, 0.2) is 30.5 Å². The van der Waals surface area contributed by atoms with Gasteiger partial charge in [0.15, 0.2) is 0 Å². The average molecular weight is 340 g/mol. The molecule has 0 bridgehead atoms. The number of methoxy groups -OCH3 is 1. The number of hydrogen-bond acceptors (Lipinski definition) is 4. The molecule has 1 amide bonds. The van der Waals surface area contributed by atoms with E-state index in [1.54, 1.807) is 20.2 Å². The first-order chi connectivity index (χ1) is 12.1. The predicted molar refractivity (Wildman–Crippen MR) is 96.6 cm³/mol. The molecule has 25 heavy (non-hydrogen) atoms. The van der Waals surface area contributed by atoms with E-state index in [0.29, 0.717) is 18.8 Å². The lowest BCUT2D eigenvalue weighted by Gasteiger charge is -2.31. The normalized spacial score (nSPS) is 15.4. The minimum absolute atomic E-state index is 0.127. The van der Waals surface area contributed by atoms with Gasteiger partial charge in [0.25, 0.3) is 0 Å². The summed E-state index contributed by atoms with van der Waals surface area (Å²) in [5.41, 5.74) is 1.87. The molecule has 2 aromatic rings. The van der Waals surface area contributed by atoms with Gasteiger partial charge in [-0.2, -0.15) is 0 Å². The molecule has 2 heterocycles. The summed E-state index contributed by atoms with van der Waals surface area (Å²) in [7, 11) is 1.63. The molecule has 0 radical (unpaired) electrons. The second kappa shape index (κ2) is 7.64. The van der Waals surface area contributed by atoms with Gasteiger partial charge in [0.05, 0.1) is 12.6 Å². The minimum Gasteiger partial charge on any atom is -0.497 e. The van der Waals surface area contributed by atoms with Crippen molar-refractivity contribution in [1.29, 1.82) is 0 Å². The van der Waals surface area contributed by atoms with Crippen molar-refractivity contribution in [2.75, 3.05) is 20.2 Å². The van der Waals surface area contributed by atoms with Crippen LogP contribution >= 0.6 is 0 Å². The number of carbonyl (C=O) groups is 2. The molecule has 5 nitrogen and oxygen atoms in total. The molecule has 0 aliphatic carbocycles. The van der Waals surface area contributed by atoms with Crippen LogP contribution in [0, 0.1) is 5.92 Å². The summed E-state index contributed by atoms with van der Waals surface area (Å²) in [4.78, 5) is 30.2. The molecule has 5 heteroatoms. The van der Waals surface area contributed by atoms with Gasteiger partial charge in [-0.05, 0) is 48.6 Å². The lowest BCUT2D eigenvalue weighted by atomic mass is 9.89. The third-order valence-corrected chi connectivity index (χ3v) is 5.00. The number of benzene rings is 1. The Labute approximate surface area is 148 Å². The van der Waals surface area contributed by atoms with Gasteiger partial charge in [0, 0.05) is 44.4 Å². The van der Waals surface area contributed by atoms with E-state index < -0.39 is 0 Å². The Hall–Kier alpha value is -2.43. The highest BCUT2D eigenvalue weighted by atomic mass is 16.5. The molecule has 1 aromatic heterocycles. The molecule has 3 rings (SSSR count). The van der Waals surface area contributed by atoms with Crippen molar-refractivity contribution in [3.8, 4) is 5.75 Å². The Morgan fingerprint density at radius 3 is 2.68 bits per heavy atom. The fourth-order valence-electron chi connectivity index (χ4n) is 3.52. The summed E-state index contributed by atoms with van der Waals surface area (Å²) >= 11 is 0. The van der Waals surface area contributed by atoms with Gasteiger partial charge in [-0.25, -0.2) is 0 Å². The molecule has 0 N–H and O–H groups in total. The predicted octanol–water partition coefficient (Wildman–Crippen LogP) is 3.00. The average Bonchev–Trinajstić information content (AvgIpc) is 2.62. The van der Waals surface area contributed by atoms with Crippen molar-refractivity contribution in [2.24, 2.45) is 5.92 Å². The van der Waals surface area contributed by atoms with Gasteiger partial charge < -0.3 is 9.64 Å². The molecular formula is C20H24N2O3. The van der Waals surface area contributed by atoms with E-state index >= 15 is 0 Å². The molecule has 1 aliphatic rings. The second-order valence-electron chi connectivity index (χ2n) is 6.72. The summed E-state index contributed by atoms with van der Waals surface area (Å²) in [6, 6.07) is 7.65. The van der Waals surface area contributed by atoms with E-state index in [-0.39, 0.29) is 11.7 Å². The molecule has 1 saturated heterocycles. The number of carbonyl (C=O) groups excluding carboxylic acids is 2. The van der Waals surface area contributed by atoms with Gasteiger partial charge in [-0.1, -0.05) is 0 Å². The maximum atomic E-state index is 12.6. The van der Waals surface area contributed by atoms with Gasteiger partial charge in [-0.3, -0.25) is 14.6 Å². The van der Waals surface area contributed by atoms with E-state index in [0.717, 1.165) is 48.1 Å². The zero-order valence-corrected chi connectivity index (χ0v) is 14.8. The number of aromatic nitrogens is 1. The summed E-state index contributed by atoms with van der Waals surface area (Å²) in [5.74, 6) is 1.52. The summed E-state index contributed by atoms with van der Waals surface area (Å²) in [6.45, 7) is 3.14. The maximum absolute atomic E-state index is 12.6. The van der Waals surface area contributed by atoms with Crippen LogP contribution in [0.5, 0.6) is 5.75 Å². The van der Waals surface area contributed by atoms with Crippen molar-refractivity contribution < 1.29 is 14.3 Å². The Balaban J connectivity index is 1.65. The quantitative estimate of drug-likeness (QED) is 0.839. The molecule has 132 valence electrons. The largest absolute Gasteiger partial charge is 0.497 e. The van der Waals surface area contributed by atoms with Gasteiger partial charge in [0.2, 0.25) is 5.91 Å². The number of ether oxygens (including phenoxy) is 1. The molecule has 0 saturated carbocycles. The first-order valence-electron chi connectivity index (χ1n) is 8.75. The lowest BCUT2D eigenvalue weighted by Crippen LogP contribution is -2.37. The second-order valence-corrected chi connectivity index (χ2v) is 6.72. The monoisotopic (exact) mass is 340 g/mol. The van der Waals surface area contributed by atoms with Crippen molar-refractivity contribution in [3.63, 3.8) is 0 Å². The smallest absolute Gasteiger partial charge is 0.219 e. The number of pyridine rings is 1. The van der Waals surface area contributed by atoms with Crippen LogP contribution in [0.2, 0.25) is 0 Å².